The van der Waals surface area contributed by atoms with Crippen LogP contribution in [0, 0.1) is 6.92 Å². The second-order valence-corrected chi connectivity index (χ2v) is 2.58. The van der Waals surface area contributed by atoms with E-state index in [1.54, 1.807) is 0 Å². The zero-order valence-corrected chi connectivity index (χ0v) is 10.8. The third kappa shape index (κ3) is 6.20. The summed E-state index contributed by atoms with van der Waals surface area (Å²) >= 11 is 2.53. The van der Waals surface area contributed by atoms with Gasteiger partial charge in [-0.2, -0.15) is 0 Å². The molecule has 0 heterocycles. The summed E-state index contributed by atoms with van der Waals surface area (Å²) in [5.74, 6) is 0. The summed E-state index contributed by atoms with van der Waals surface area (Å²) in [6, 6.07) is 8.24. The van der Waals surface area contributed by atoms with Gasteiger partial charge < -0.3 is 9.45 Å². The van der Waals surface area contributed by atoms with E-state index in [9.17, 15) is 0 Å². The van der Waals surface area contributed by atoms with E-state index in [1.165, 1.54) is 11.3 Å². The molecule has 1 aromatic rings. The molecule has 0 unspecified atom stereocenters. The fourth-order valence-corrected chi connectivity index (χ4v) is 1.06. The van der Waals surface area contributed by atoms with Crippen molar-refractivity contribution in [3.8, 4) is 0 Å². The van der Waals surface area contributed by atoms with Crippen molar-refractivity contribution in [2.24, 2.45) is 0 Å². The van der Waals surface area contributed by atoms with Crippen LogP contribution in [-0.2, 0) is 0 Å². The van der Waals surface area contributed by atoms with E-state index in [0.717, 1.165) is 0 Å². The average molecular weight is 227 g/mol. The molecular formula is C12H21NOS. The number of nitrogens with zero attached hydrogens (tertiary/aromatic N) is 1. The van der Waals surface area contributed by atoms with Crippen molar-refractivity contribution in [3.05, 3.63) is 42.6 Å². The van der Waals surface area contributed by atoms with Gasteiger partial charge in [-0.1, -0.05) is 38.6 Å². The van der Waals surface area contributed by atoms with E-state index in [4.69, 9.17) is 4.55 Å². The molecule has 86 valence electrons. The molecule has 1 rings (SSSR count). The van der Waals surface area contributed by atoms with Gasteiger partial charge in [-0.05, 0) is 37.7 Å². The lowest BCUT2D eigenvalue weighted by Crippen LogP contribution is -2.07. The van der Waals surface area contributed by atoms with Crippen LogP contribution in [0.3, 0.4) is 0 Å². The molecule has 0 aliphatic carbocycles. The molecule has 0 aromatic heterocycles. The Bertz CT molecular complexity index is 264. The topological polar surface area (TPSA) is 23.5 Å². The van der Waals surface area contributed by atoms with Crippen LogP contribution in [0.15, 0.2) is 37.0 Å². The first kappa shape index (κ1) is 16.5. The maximum Gasteiger partial charge on any atom is 0.0432 e. The molecule has 0 atom stereocenters. The number of hydrogen-bond donors (Lipinski definition) is 2. The Morgan fingerprint density at radius 1 is 1.27 bits per heavy atom. The summed E-state index contributed by atoms with van der Waals surface area (Å²) in [5.41, 5.74) is 2.48. The molecule has 1 N–H and O–H groups in total. The summed E-state index contributed by atoms with van der Waals surface area (Å²) in [5, 5.41) is 0. The number of rotatable bonds is 2. The molecular weight excluding hydrogens is 206 g/mol. The lowest BCUT2D eigenvalue weighted by molar-refractivity contribution is 0.679. The molecule has 0 saturated carbocycles. The van der Waals surface area contributed by atoms with E-state index in [-0.39, 0.29) is 0 Å². The molecule has 0 radical (unpaired) electrons. The Morgan fingerprint density at radius 2 is 1.73 bits per heavy atom. The summed E-state index contributed by atoms with van der Waals surface area (Å²) in [6.45, 7) is 9.80. The highest BCUT2D eigenvalue weighted by Gasteiger charge is 1.97. The van der Waals surface area contributed by atoms with Gasteiger partial charge in [0.25, 0.3) is 0 Å². The SMILES string of the molecule is C=CN(C)c1ccccc1C.CC.OS. The molecule has 0 saturated heterocycles. The molecule has 0 aliphatic rings. The Kier molecular flexibility index (Phi) is 12.3. The second-order valence-electron chi connectivity index (χ2n) is 2.58. The van der Waals surface area contributed by atoms with Crippen LogP contribution in [0.5, 0.6) is 0 Å². The number of aryl methyl sites for hydroxylation is 1. The molecule has 2 nitrogen and oxygen atoms in total. The first-order valence-corrected chi connectivity index (χ1v) is 5.26. The van der Waals surface area contributed by atoms with Crippen LogP contribution in [0.2, 0.25) is 0 Å². The van der Waals surface area contributed by atoms with Gasteiger partial charge in [0.05, 0.1) is 0 Å². The van der Waals surface area contributed by atoms with Gasteiger partial charge in [0.2, 0.25) is 0 Å². The van der Waals surface area contributed by atoms with Crippen molar-refractivity contribution in [1.82, 2.24) is 0 Å². The van der Waals surface area contributed by atoms with Crippen LogP contribution in [0.1, 0.15) is 19.4 Å². The number of anilines is 1. The average Bonchev–Trinajstić information content (AvgIpc) is 2.34. The molecule has 0 fully saturated rings. The monoisotopic (exact) mass is 227 g/mol. The third-order valence-corrected chi connectivity index (χ3v) is 1.77. The smallest absolute Gasteiger partial charge is 0.0432 e. The standard InChI is InChI=1S/C10H13N.C2H6.H2OS/c1-4-11(3)10-8-6-5-7-9(10)2;2*1-2/h4-8H,1H2,2-3H3;1-2H3;1-2H. The Morgan fingerprint density at radius 3 is 2.13 bits per heavy atom. The molecule has 0 aliphatic heterocycles. The van der Waals surface area contributed by atoms with Crippen molar-refractivity contribution in [1.29, 1.82) is 0 Å². The van der Waals surface area contributed by atoms with Crippen molar-refractivity contribution in [2.45, 2.75) is 20.8 Å². The highest BCUT2D eigenvalue weighted by atomic mass is 32.1. The Labute approximate surface area is 98.9 Å². The predicted molar refractivity (Wildman–Crippen MR) is 72.7 cm³/mol. The fourth-order valence-electron chi connectivity index (χ4n) is 1.06. The van der Waals surface area contributed by atoms with Crippen molar-refractivity contribution < 1.29 is 4.55 Å². The minimum atomic E-state index is 1.21. The highest BCUT2D eigenvalue weighted by molar-refractivity contribution is 7.74. The third-order valence-electron chi connectivity index (χ3n) is 1.77. The molecule has 0 bridgehead atoms. The Balaban J connectivity index is 0. The van der Waals surface area contributed by atoms with Gasteiger partial charge >= 0.3 is 0 Å². The van der Waals surface area contributed by atoms with Crippen molar-refractivity contribution in [2.75, 3.05) is 11.9 Å². The van der Waals surface area contributed by atoms with Crippen LogP contribution in [0.4, 0.5) is 5.69 Å². The zero-order valence-electron chi connectivity index (χ0n) is 9.94. The summed E-state index contributed by atoms with van der Waals surface area (Å²) in [7, 11) is 2.00. The normalized spacial score (nSPS) is 7.60. The van der Waals surface area contributed by atoms with Crippen LogP contribution < -0.4 is 4.90 Å². The van der Waals surface area contributed by atoms with Gasteiger partial charge in [0.15, 0.2) is 0 Å². The lowest BCUT2D eigenvalue weighted by atomic mass is 10.2. The van der Waals surface area contributed by atoms with Gasteiger partial charge in [-0.3, -0.25) is 0 Å². The largest absolute Gasteiger partial charge is 0.351 e. The van der Waals surface area contributed by atoms with E-state index in [1.807, 2.05) is 44.1 Å². The quantitative estimate of drug-likeness (QED) is 0.589. The number of benzene rings is 1. The molecule has 0 spiro atoms. The fraction of sp³-hybridized carbons (Fsp3) is 0.333. The summed E-state index contributed by atoms with van der Waals surface area (Å²) < 4.78 is 6.69. The van der Waals surface area contributed by atoms with E-state index < -0.39 is 0 Å². The molecule has 15 heavy (non-hydrogen) atoms. The van der Waals surface area contributed by atoms with E-state index >= 15 is 0 Å². The van der Waals surface area contributed by atoms with E-state index in [0.29, 0.717) is 0 Å². The van der Waals surface area contributed by atoms with Crippen LogP contribution in [0.25, 0.3) is 0 Å². The zero-order chi connectivity index (χ0) is 12.3. The van der Waals surface area contributed by atoms with Gasteiger partial charge in [0.1, 0.15) is 0 Å². The van der Waals surface area contributed by atoms with Crippen LogP contribution >= 0.6 is 12.9 Å². The molecule has 1 aromatic carbocycles. The maximum atomic E-state index is 6.69. The molecule has 0 amide bonds. The summed E-state index contributed by atoms with van der Waals surface area (Å²) in [4.78, 5) is 2.01. The number of para-hydroxylation sites is 1. The van der Waals surface area contributed by atoms with Gasteiger partial charge in [-0.25, -0.2) is 0 Å². The number of hydrogen-bond acceptors (Lipinski definition) is 3. The predicted octanol–water partition coefficient (Wildman–Crippen LogP) is 3.99. The van der Waals surface area contributed by atoms with Crippen molar-refractivity contribution in [3.63, 3.8) is 0 Å². The minimum Gasteiger partial charge on any atom is -0.351 e. The second kappa shape index (κ2) is 11.1. The Hall–Kier alpha value is -0.930. The maximum absolute atomic E-state index is 6.69. The first-order valence-electron chi connectivity index (χ1n) is 4.86. The highest BCUT2D eigenvalue weighted by Crippen LogP contribution is 2.17. The van der Waals surface area contributed by atoms with Gasteiger partial charge in [-0.15, -0.1) is 0 Å². The van der Waals surface area contributed by atoms with Crippen molar-refractivity contribution >= 4 is 18.6 Å². The minimum absolute atomic E-state index is 1.21. The first-order chi connectivity index (χ1) is 7.25. The number of thiol groups is 1. The molecule has 3 heteroatoms. The summed E-state index contributed by atoms with van der Waals surface area (Å²) in [6.07, 6.45) is 1.81. The van der Waals surface area contributed by atoms with Gasteiger partial charge in [0, 0.05) is 12.7 Å². The lowest BCUT2D eigenvalue weighted by Gasteiger charge is -2.15. The van der Waals surface area contributed by atoms with Crippen LogP contribution in [-0.4, -0.2) is 11.6 Å². The van der Waals surface area contributed by atoms with E-state index in [2.05, 4.69) is 38.5 Å².